The second kappa shape index (κ2) is 6.20. The van der Waals surface area contributed by atoms with Crippen molar-refractivity contribution in [2.45, 2.75) is 26.5 Å². The second-order valence-corrected chi connectivity index (χ2v) is 5.45. The normalized spacial score (nSPS) is 12.5. The number of ether oxygens (including phenoxy) is 1. The fourth-order valence-corrected chi connectivity index (χ4v) is 2.54. The van der Waals surface area contributed by atoms with Crippen molar-refractivity contribution in [3.8, 4) is 5.75 Å². The lowest BCUT2D eigenvalue weighted by molar-refractivity contribution is 0.181. The number of aromatic nitrogens is 2. The van der Waals surface area contributed by atoms with E-state index in [4.69, 9.17) is 4.74 Å². The number of aryl methyl sites for hydroxylation is 1. The SMILES string of the molecule is Cc1ccc(OCCn2c([C@@H](C)O)nc3ccccc32)cc1. The molecule has 0 aliphatic heterocycles. The topological polar surface area (TPSA) is 47.3 Å². The summed E-state index contributed by atoms with van der Waals surface area (Å²) in [5.41, 5.74) is 3.13. The quantitative estimate of drug-likeness (QED) is 0.784. The zero-order valence-electron chi connectivity index (χ0n) is 12.9. The molecular formula is C18H20N2O2. The molecule has 0 aliphatic rings. The summed E-state index contributed by atoms with van der Waals surface area (Å²) in [6.45, 7) is 4.96. The maximum atomic E-state index is 9.93. The average Bonchev–Trinajstić information content (AvgIpc) is 2.89. The molecular weight excluding hydrogens is 276 g/mol. The molecule has 4 nitrogen and oxygen atoms in total. The molecule has 0 radical (unpaired) electrons. The van der Waals surface area contributed by atoms with E-state index in [2.05, 4.69) is 11.9 Å². The van der Waals surface area contributed by atoms with Crippen LogP contribution < -0.4 is 4.74 Å². The van der Waals surface area contributed by atoms with Crippen LogP contribution >= 0.6 is 0 Å². The molecule has 1 atom stereocenters. The first-order valence-electron chi connectivity index (χ1n) is 7.48. The van der Waals surface area contributed by atoms with Crippen molar-refractivity contribution in [3.05, 3.63) is 59.9 Å². The fraction of sp³-hybridized carbons (Fsp3) is 0.278. The van der Waals surface area contributed by atoms with E-state index in [0.29, 0.717) is 19.0 Å². The molecule has 3 rings (SSSR count). The molecule has 0 spiro atoms. The van der Waals surface area contributed by atoms with Crippen LogP contribution in [0.4, 0.5) is 0 Å². The van der Waals surface area contributed by atoms with Crippen molar-refractivity contribution in [1.29, 1.82) is 0 Å². The summed E-state index contributed by atoms with van der Waals surface area (Å²) in [5.74, 6) is 1.53. The largest absolute Gasteiger partial charge is 0.492 e. The predicted molar refractivity (Wildman–Crippen MR) is 87.0 cm³/mol. The Morgan fingerprint density at radius 1 is 1.14 bits per heavy atom. The van der Waals surface area contributed by atoms with Gasteiger partial charge < -0.3 is 14.4 Å². The van der Waals surface area contributed by atoms with Crippen LogP contribution in [0.1, 0.15) is 24.4 Å². The molecule has 0 saturated carbocycles. The Morgan fingerprint density at radius 3 is 2.59 bits per heavy atom. The van der Waals surface area contributed by atoms with Crippen LogP contribution in [-0.2, 0) is 6.54 Å². The molecule has 1 N–H and O–H groups in total. The summed E-state index contributed by atoms with van der Waals surface area (Å²) in [6.07, 6.45) is -0.605. The van der Waals surface area contributed by atoms with Gasteiger partial charge in [-0.3, -0.25) is 0 Å². The van der Waals surface area contributed by atoms with Gasteiger partial charge in [0.25, 0.3) is 0 Å². The average molecular weight is 296 g/mol. The van der Waals surface area contributed by atoms with Crippen LogP contribution in [0.2, 0.25) is 0 Å². The van der Waals surface area contributed by atoms with E-state index in [1.165, 1.54) is 5.56 Å². The third kappa shape index (κ3) is 2.97. The van der Waals surface area contributed by atoms with E-state index in [1.807, 2.05) is 53.1 Å². The van der Waals surface area contributed by atoms with Crippen LogP contribution in [0.3, 0.4) is 0 Å². The minimum atomic E-state index is -0.605. The molecule has 114 valence electrons. The number of rotatable bonds is 5. The molecule has 0 unspecified atom stereocenters. The highest BCUT2D eigenvalue weighted by Gasteiger charge is 2.14. The molecule has 4 heteroatoms. The number of imidazole rings is 1. The van der Waals surface area contributed by atoms with Crippen molar-refractivity contribution in [2.75, 3.05) is 6.61 Å². The number of nitrogens with zero attached hydrogens (tertiary/aromatic N) is 2. The van der Waals surface area contributed by atoms with E-state index in [9.17, 15) is 5.11 Å². The standard InChI is InChI=1S/C18H20N2O2/c1-13-7-9-15(10-8-13)22-12-11-20-17-6-4-3-5-16(17)19-18(20)14(2)21/h3-10,14,21H,11-12H2,1-2H3/t14-/m1/s1. The van der Waals surface area contributed by atoms with Crippen LogP contribution in [-0.4, -0.2) is 21.3 Å². The van der Waals surface area contributed by atoms with Gasteiger partial charge in [-0.05, 0) is 38.1 Å². The number of aliphatic hydroxyl groups is 1. The Labute approximate surface area is 130 Å². The van der Waals surface area contributed by atoms with Gasteiger partial charge in [-0.15, -0.1) is 0 Å². The number of para-hydroxylation sites is 2. The lowest BCUT2D eigenvalue weighted by Gasteiger charge is -2.12. The molecule has 3 aromatic rings. The Morgan fingerprint density at radius 2 is 1.86 bits per heavy atom. The minimum Gasteiger partial charge on any atom is -0.492 e. The fourth-order valence-electron chi connectivity index (χ4n) is 2.54. The maximum absolute atomic E-state index is 9.93. The van der Waals surface area contributed by atoms with Crippen LogP contribution in [0.25, 0.3) is 11.0 Å². The van der Waals surface area contributed by atoms with Crippen molar-refractivity contribution < 1.29 is 9.84 Å². The summed E-state index contributed by atoms with van der Waals surface area (Å²) in [7, 11) is 0. The first kappa shape index (κ1) is 14.6. The minimum absolute atomic E-state index is 0.531. The molecule has 0 saturated heterocycles. The maximum Gasteiger partial charge on any atom is 0.138 e. The first-order valence-corrected chi connectivity index (χ1v) is 7.48. The van der Waals surface area contributed by atoms with Gasteiger partial charge in [0.2, 0.25) is 0 Å². The number of hydrogen-bond donors (Lipinski definition) is 1. The summed E-state index contributed by atoms with van der Waals surface area (Å²) in [4.78, 5) is 4.51. The lowest BCUT2D eigenvalue weighted by atomic mass is 10.2. The number of fused-ring (bicyclic) bond motifs is 1. The van der Waals surface area contributed by atoms with Crippen LogP contribution in [0.15, 0.2) is 48.5 Å². The highest BCUT2D eigenvalue weighted by molar-refractivity contribution is 5.76. The monoisotopic (exact) mass is 296 g/mol. The van der Waals surface area contributed by atoms with Crippen LogP contribution in [0.5, 0.6) is 5.75 Å². The molecule has 0 amide bonds. The Hall–Kier alpha value is -2.33. The van der Waals surface area contributed by atoms with Crippen molar-refractivity contribution in [3.63, 3.8) is 0 Å². The number of aliphatic hydroxyl groups excluding tert-OH is 1. The zero-order valence-corrected chi connectivity index (χ0v) is 12.9. The summed E-state index contributed by atoms with van der Waals surface area (Å²) in [6, 6.07) is 15.9. The van der Waals surface area contributed by atoms with Gasteiger partial charge in [-0.1, -0.05) is 29.8 Å². The third-order valence-electron chi connectivity index (χ3n) is 3.66. The van der Waals surface area contributed by atoms with Gasteiger partial charge in [0.1, 0.15) is 24.3 Å². The van der Waals surface area contributed by atoms with E-state index < -0.39 is 6.10 Å². The molecule has 0 fully saturated rings. The van der Waals surface area contributed by atoms with E-state index in [0.717, 1.165) is 16.8 Å². The molecule has 0 aliphatic carbocycles. The summed E-state index contributed by atoms with van der Waals surface area (Å²) in [5, 5.41) is 9.93. The van der Waals surface area contributed by atoms with E-state index in [1.54, 1.807) is 6.92 Å². The van der Waals surface area contributed by atoms with Gasteiger partial charge in [0, 0.05) is 0 Å². The smallest absolute Gasteiger partial charge is 0.138 e. The molecule has 1 aromatic heterocycles. The lowest BCUT2D eigenvalue weighted by Crippen LogP contribution is -2.12. The third-order valence-corrected chi connectivity index (χ3v) is 3.66. The Kier molecular flexibility index (Phi) is 4.11. The highest BCUT2D eigenvalue weighted by Crippen LogP contribution is 2.20. The predicted octanol–water partition coefficient (Wildman–Crippen LogP) is 3.48. The van der Waals surface area contributed by atoms with Crippen molar-refractivity contribution in [1.82, 2.24) is 9.55 Å². The van der Waals surface area contributed by atoms with E-state index >= 15 is 0 Å². The molecule has 0 bridgehead atoms. The van der Waals surface area contributed by atoms with Gasteiger partial charge in [0.05, 0.1) is 17.6 Å². The van der Waals surface area contributed by atoms with Crippen molar-refractivity contribution >= 4 is 11.0 Å². The molecule has 22 heavy (non-hydrogen) atoms. The second-order valence-electron chi connectivity index (χ2n) is 5.45. The summed E-state index contributed by atoms with van der Waals surface area (Å²) >= 11 is 0. The van der Waals surface area contributed by atoms with E-state index in [-0.39, 0.29) is 0 Å². The Balaban J connectivity index is 1.78. The molecule has 1 heterocycles. The Bertz CT molecular complexity index is 760. The number of benzene rings is 2. The van der Waals surface area contributed by atoms with Gasteiger partial charge in [-0.25, -0.2) is 4.98 Å². The summed E-state index contributed by atoms with van der Waals surface area (Å²) < 4.78 is 7.81. The highest BCUT2D eigenvalue weighted by atomic mass is 16.5. The first-order chi connectivity index (χ1) is 10.6. The van der Waals surface area contributed by atoms with Gasteiger partial charge >= 0.3 is 0 Å². The number of hydrogen-bond acceptors (Lipinski definition) is 3. The molecule has 2 aromatic carbocycles. The van der Waals surface area contributed by atoms with Gasteiger partial charge in [-0.2, -0.15) is 0 Å². The van der Waals surface area contributed by atoms with Crippen LogP contribution in [0, 0.1) is 6.92 Å². The zero-order chi connectivity index (χ0) is 15.5. The van der Waals surface area contributed by atoms with Crippen molar-refractivity contribution in [2.24, 2.45) is 0 Å². The van der Waals surface area contributed by atoms with Gasteiger partial charge in [0.15, 0.2) is 0 Å².